The monoisotopic (exact) mass is 553 g/mol. The van der Waals surface area contributed by atoms with Crippen LogP contribution in [0.1, 0.15) is 32.6 Å². The summed E-state index contributed by atoms with van der Waals surface area (Å²) in [5.41, 5.74) is 0.670. The number of urea groups is 1. The number of carbonyl (C=O) groups excluding carboxylic acids is 4. The van der Waals surface area contributed by atoms with Gasteiger partial charge in [-0.15, -0.1) is 0 Å². The minimum absolute atomic E-state index is 0.144. The van der Waals surface area contributed by atoms with E-state index in [2.05, 4.69) is 13.2 Å². The van der Waals surface area contributed by atoms with E-state index in [9.17, 15) is 19.2 Å². The molecule has 2 heterocycles. The number of allylic oxidation sites excluding steroid dienone is 2. The number of para-hydroxylation sites is 2. The quantitative estimate of drug-likeness (QED) is 0.0751. The summed E-state index contributed by atoms with van der Waals surface area (Å²) in [6.07, 6.45) is 8.11. The highest BCUT2D eigenvalue weighted by Gasteiger charge is 2.41. The molecule has 40 heavy (non-hydrogen) atoms. The molecule has 0 spiro atoms. The van der Waals surface area contributed by atoms with E-state index in [0.717, 1.165) is 40.8 Å². The van der Waals surface area contributed by atoms with Crippen LogP contribution in [0, 0.1) is 0 Å². The van der Waals surface area contributed by atoms with Gasteiger partial charge in [0.25, 0.3) is 11.8 Å². The smallest absolute Gasteiger partial charge is 0.334 e. The summed E-state index contributed by atoms with van der Waals surface area (Å²) in [4.78, 5) is 54.8. The fourth-order valence-corrected chi connectivity index (χ4v) is 4.04. The number of unbranched alkanes of at least 4 members (excludes halogenated alkanes) is 2. The lowest BCUT2D eigenvalue weighted by atomic mass is 10.1. The van der Waals surface area contributed by atoms with Crippen LogP contribution in [0.15, 0.2) is 73.4 Å². The maximum absolute atomic E-state index is 13.2. The Morgan fingerprint density at radius 2 is 1.65 bits per heavy atom. The van der Waals surface area contributed by atoms with Gasteiger partial charge in [0, 0.05) is 19.2 Å². The molecule has 214 valence electrons. The van der Waals surface area contributed by atoms with Crippen molar-refractivity contribution in [3.8, 4) is 5.75 Å². The number of benzene rings is 1. The van der Waals surface area contributed by atoms with Gasteiger partial charge in [-0.3, -0.25) is 19.4 Å². The molecule has 1 fully saturated rings. The maximum Gasteiger partial charge on any atom is 0.334 e. The van der Waals surface area contributed by atoms with E-state index in [-0.39, 0.29) is 32.1 Å². The van der Waals surface area contributed by atoms with E-state index in [4.69, 9.17) is 18.9 Å². The number of barbiturate groups is 1. The molecule has 0 saturated carbocycles. The zero-order valence-electron chi connectivity index (χ0n) is 22.7. The van der Waals surface area contributed by atoms with Crippen LogP contribution in [0.5, 0.6) is 5.75 Å². The summed E-state index contributed by atoms with van der Waals surface area (Å²) < 4.78 is 21.3. The molecule has 0 N–H and O–H groups in total. The Kier molecular flexibility index (Phi) is 11.5. The van der Waals surface area contributed by atoms with Crippen molar-refractivity contribution in [2.45, 2.75) is 32.6 Å². The number of hydrogen-bond acceptors (Lipinski definition) is 9. The predicted octanol–water partition coefficient (Wildman–Crippen LogP) is 3.89. The number of fused-ring (bicyclic) bond motifs is 1. The van der Waals surface area contributed by atoms with Crippen LogP contribution in [-0.2, 0) is 28.6 Å². The first-order chi connectivity index (χ1) is 19.4. The number of carbonyl (C=O) groups is 4. The topological polar surface area (TPSA) is 115 Å². The highest BCUT2D eigenvalue weighted by atomic mass is 16.7. The molecule has 3 rings (SSSR count). The average Bonchev–Trinajstić information content (AvgIpc) is 3.31. The van der Waals surface area contributed by atoms with Gasteiger partial charge in [0.05, 0.1) is 25.1 Å². The van der Waals surface area contributed by atoms with Crippen molar-refractivity contribution >= 4 is 29.5 Å². The molecule has 11 heteroatoms. The van der Waals surface area contributed by atoms with E-state index >= 15 is 0 Å². The van der Waals surface area contributed by atoms with Gasteiger partial charge in [-0.2, -0.15) is 0 Å². The van der Waals surface area contributed by atoms with Crippen LogP contribution in [0.2, 0.25) is 0 Å². The highest BCUT2D eigenvalue weighted by Crippen LogP contribution is 2.38. The zero-order chi connectivity index (χ0) is 28.9. The lowest BCUT2D eigenvalue weighted by Gasteiger charge is -2.33. The second-order valence-electron chi connectivity index (χ2n) is 8.79. The normalized spacial score (nSPS) is 16.8. The first-order valence-corrected chi connectivity index (χ1v) is 13.2. The second-order valence-corrected chi connectivity index (χ2v) is 8.79. The Morgan fingerprint density at radius 3 is 2.38 bits per heavy atom. The molecule has 4 amide bonds. The van der Waals surface area contributed by atoms with Gasteiger partial charge in [-0.25, -0.2) is 9.59 Å². The van der Waals surface area contributed by atoms with E-state index in [0.29, 0.717) is 31.2 Å². The van der Waals surface area contributed by atoms with Crippen LogP contribution in [0.4, 0.5) is 10.5 Å². The van der Waals surface area contributed by atoms with Crippen molar-refractivity contribution < 1.29 is 38.1 Å². The molecule has 0 aromatic heterocycles. The second kappa shape index (κ2) is 15.3. The van der Waals surface area contributed by atoms with Gasteiger partial charge in [-0.1, -0.05) is 38.6 Å². The number of rotatable bonds is 16. The molecule has 0 unspecified atom stereocenters. The number of nitrogens with zero attached hydrogens (tertiary/aromatic N) is 3. The van der Waals surface area contributed by atoms with Crippen molar-refractivity contribution in [2.75, 3.05) is 44.5 Å². The Hall–Kier alpha value is -4.38. The Balaban J connectivity index is 1.81. The molecule has 2 aliphatic heterocycles. The summed E-state index contributed by atoms with van der Waals surface area (Å²) >= 11 is 0. The van der Waals surface area contributed by atoms with Gasteiger partial charge >= 0.3 is 12.0 Å². The fourth-order valence-electron chi connectivity index (χ4n) is 4.04. The summed E-state index contributed by atoms with van der Waals surface area (Å²) in [5, 5.41) is 0. The van der Waals surface area contributed by atoms with E-state index in [1.807, 2.05) is 36.1 Å². The first-order valence-electron chi connectivity index (χ1n) is 13.2. The number of amides is 4. The number of ether oxygens (including phenoxy) is 4. The summed E-state index contributed by atoms with van der Waals surface area (Å²) in [6, 6.07) is 6.77. The largest absolute Gasteiger partial charge is 0.476 e. The van der Waals surface area contributed by atoms with Crippen molar-refractivity contribution in [3.05, 3.63) is 73.4 Å². The first kappa shape index (κ1) is 30.2. The van der Waals surface area contributed by atoms with Gasteiger partial charge in [-0.05, 0) is 43.5 Å². The van der Waals surface area contributed by atoms with Crippen molar-refractivity contribution in [3.63, 3.8) is 0 Å². The minimum atomic E-state index is -0.768. The Labute approximate surface area is 233 Å². The van der Waals surface area contributed by atoms with E-state index in [1.54, 1.807) is 6.08 Å². The van der Waals surface area contributed by atoms with Gasteiger partial charge in [0.2, 0.25) is 5.88 Å². The molecular formula is C29H35N3O8. The molecule has 1 aromatic carbocycles. The summed E-state index contributed by atoms with van der Waals surface area (Å²) in [6.45, 7) is 9.72. The molecule has 1 aromatic rings. The highest BCUT2D eigenvalue weighted by molar-refractivity contribution is 6.28. The van der Waals surface area contributed by atoms with Gasteiger partial charge in [0.15, 0.2) is 12.5 Å². The van der Waals surface area contributed by atoms with Crippen LogP contribution >= 0.6 is 0 Å². The third kappa shape index (κ3) is 7.60. The van der Waals surface area contributed by atoms with Crippen LogP contribution < -0.4 is 9.64 Å². The molecule has 0 atom stereocenters. The van der Waals surface area contributed by atoms with Gasteiger partial charge in [0.1, 0.15) is 12.2 Å². The molecule has 0 radical (unpaired) electrons. The molecule has 11 nitrogen and oxygen atoms in total. The molecular weight excluding hydrogens is 518 g/mol. The lowest BCUT2D eigenvalue weighted by Crippen LogP contribution is -2.57. The third-order valence-electron chi connectivity index (χ3n) is 6.09. The SMILES string of the molecule is C=COCOCCCCN1/C(=C\C=C2/C(=O)N(CCCC)C(=O)N(CCOC(=O)C=C)C2=O)Oc2ccccc21. The van der Waals surface area contributed by atoms with Crippen LogP contribution in [0.25, 0.3) is 0 Å². The van der Waals surface area contributed by atoms with E-state index in [1.165, 1.54) is 12.3 Å². The summed E-state index contributed by atoms with van der Waals surface area (Å²) in [7, 11) is 0. The number of hydrogen-bond donors (Lipinski definition) is 0. The molecule has 1 saturated heterocycles. The third-order valence-corrected chi connectivity index (χ3v) is 6.09. The Morgan fingerprint density at radius 1 is 0.925 bits per heavy atom. The molecule has 2 aliphatic rings. The Bertz CT molecular complexity index is 1180. The summed E-state index contributed by atoms with van der Waals surface area (Å²) in [5.74, 6) is -1.04. The van der Waals surface area contributed by atoms with Crippen LogP contribution in [-0.4, -0.2) is 73.3 Å². The fraction of sp³-hybridized carbons (Fsp3) is 0.379. The lowest BCUT2D eigenvalue weighted by molar-refractivity contribution is -0.142. The number of esters is 1. The van der Waals surface area contributed by atoms with Crippen molar-refractivity contribution in [1.82, 2.24) is 9.80 Å². The zero-order valence-corrected chi connectivity index (χ0v) is 22.7. The number of anilines is 1. The molecule has 0 bridgehead atoms. The molecule has 0 aliphatic carbocycles. The van der Waals surface area contributed by atoms with Crippen LogP contribution in [0.3, 0.4) is 0 Å². The maximum atomic E-state index is 13.2. The van der Waals surface area contributed by atoms with Crippen molar-refractivity contribution in [2.24, 2.45) is 0 Å². The predicted molar refractivity (Wildman–Crippen MR) is 147 cm³/mol. The van der Waals surface area contributed by atoms with E-state index < -0.39 is 23.8 Å². The standard InChI is InChI=1S/C29H35N3O8/c1-4-7-16-31-27(34)22(28(35)32(29(31)36)18-20-39-26(33)5-2)14-15-25-30(17-10-11-19-38-21-37-6-3)23-12-8-9-13-24(23)40-25/h5-6,8-9,12-15H,2-4,7,10-11,16-21H2,1H3/b22-14+,25-15+. The number of imide groups is 2. The van der Waals surface area contributed by atoms with Crippen molar-refractivity contribution in [1.29, 1.82) is 0 Å². The van der Waals surface area contributed by atoms with Gasteiger partial charge < -0.3 is 23.8 Å². The average molecular weight is 554 g/mol. The minimum Gasteiger partial charge on any atom is -0.476 e.